The fourth-order valence-electron chi connectivity index (χ4n) is 1.56. The topological polar surface area (TPSA) is 0 Å². The molecule has 0 saturated carbocycles. The maximum absolute atomic E-state index is 13.6. The van der Waals surface area contributed by atoms with E-state index in [9.17, 15) is 22.0 Å². The average Bonchev–Trinajstić information content (AvgIpc) is 2.20. The molecule has 0 aliphatic heterocycles. The van der Waals surface area contributed by atoms with Gasteiger partial charge in [-0.3, -0.25) is 0 Å². The highest BCUT2D eigenvalue weighted by Crippen LogP contribution is 2.33. The maximum Gasteiger partial charge on any atom is 0.137 e. The van der Waals surface area contributed by atoms with Crippen LogP contribution >= 0.6 is 15.9 Å². The average molecular weight is 323 g/mol. The molecule has 0 amide bonds. The lowest BCUT2D eigenvalue weighted by Gasteiger charge is -2.08. The van der Waals surface area contributed by atoms with Gasteiger partial charge in [0.2, 0.25) is 0 Å². The van der Waals surface area contributed by atoms with Gasteiger partial charge in [-0.2, -0.15) is 0 Å². The van der Waals surface area contributed by atoms with Gasteiger partial charge >= 0.3 is 0 Å². The first-order valence-corrected chi connectivity index (χ1v) is 5.49. The Bertz CT molecular complexity index is 522. The molecule has 0 nitrogen and oxygen atoms in total. The lowest BCUT2D eigenvalue weighted by atomic mass is 10.0. The Hall–Kier alpha value is -1.43. The van der Waals surface area contributed by atoms with Gasteiger partial charge in [-0.25, -0.2) is 22.0 Å². The monoisotopic (exact) mass is 322 g/mol. The summed E-state index contributed by atoms with van der Waals surface area (Å²) in [5.74, 6) is -6.19. The van der Waals surface area contributed by atoms with E-state index in [4.69, 9.17) is 0 Å². The molecule has 0 heterocycles. The number of rotatable bonds is 1. The van der Waals surface area contributed by atoms with Crippen LogP contribution in [0.3, 0.4) is 0 Å². The van der Waals surface area contributed by atoms with Crippen molar-refractivity contribution in [2.75, 3.05) is 0 Å². The van der Waals surface area contributed by atoms with Crippen LogP contribution < -0.4 is 0 Å². The minimum absolute atomic E-state index is 0.0872. The van der Waals surface area contributed by atoms with E-state index in [0.717, 1.165) is 12.1 Å². The van der Waals surface area contributed by atoms with Gasteiger partial charge < -0.3 is 0 Å². The second-order valence-electron chi connectivity index (χ2n) is 3.49. The van der Waals surface area contributed by atoms with Crippen LogP contribution in [0, 0.1) is 29.1 Å². The van der Waals surface area contributed by atoms with E-state index in [1.165, 1.54) is 0 Å². The predicted molar refractivity (Wildman–Crippen MR) is 59.4 cm³/mol. The van der Waals surface area contributed by atoms with Gasteiger partial charge in [-0.05, 0) is 12.1 Å². The summed E-state index contributed by atoms with van der Waals surface area (Å²) in [6, 6.07) is 2.44. The molecule has 0 saturated heterocycles. The molecule has 2 aromatic rings. The van der Waals surface area contributed by atoms with Crippen LogP contribution in [-0.4, -0.2) is 0 Å². The highest BCUT2D eigenvalue weighted by atomic mass is 79.9. The summed E-state index contributed by atoms with van der Waals surface area (Å²) < 4.78 is 66.8. The summed E-state index contributed by atoms with van der Waals surface area (Å²) in [6.07, 6.45) is 0. The summed E-state index contributed by atoms with van der Waals surface area (Å²) in [6.45, 7) is 0. The summed E-state index contributed by atoms with van der Waals surface area (Å²) >= 11 is 2.84. The molecule has 0 bridgehead atoms. The van der Waals surface area contributed by atoms with Gasteiger partial charge in [0, 0.05) is 16.6 Å². The number of hydrogen-bond donors (Lipinski definition) is 0. The van der Waals surface area contributed by atoms with E-state index in [-0.39, 0.29) is 4.47 Å². The van der Waals surface area contributed by atoms with Gasteiger partial charge in [-0.1, -0.05) is 15.9 Å². The fraction of sp³-hybridized carbons (Fsp3) is 0. The van der Waals surface area contributed by atoms with Gasteiger partial charge in [0.1, 0.15) is 29.1 Å². The van der Waals surface area contributed by atoms with Crippen molar-refractivity contribution in [2.45, 2.75) is 0 Å². The van der Waals surface area contributed by atoms with Crippen molar-refractivity contribution in [3.63, 3.8) is 0 Å². The predicted octanol–water partition coefficient (Wildman–Crippen LogP) is 4.81. The van der Waals surface area contributed by atoms with Gasteiger partial charge in [0.25, 0.3) is 0 Å². The number of halogens is 6. The Kier molecular flexibility index (Phi) is 3.38. The van der Waals surface area contributed by atoms with E-state index in [1.54, 1.807) is 0 Å². The Balaban J connectivity index is 2.78. The summed E-state index contributed by atoms with van der Waals surface area (Å²) in [7, 11) is 0. The van der Waals surface area contributed by atoms with Crippen molar-refractivity contribution >= 4 is 15.9 Å². The quantitative estimate of drug-likeness (QED) is 0.661. The molecule has 0 N–H and O–H groups in total. The molecule has 18 heavy (non-hydrogen) atoms. The molecule has 0 radical (unpaired) electrons. The minimum atomic E-state index is -1.37. The Morgan fingerprint density at radius 2 is 0.944 bits per heavy atom. The largest absolute Gasteiger partial charge is 0.207 e. The van der Waals surface area contributed by atoms with Gasteiger partial charge in [0.05, 0.1) is 11.1 Å². The minimum Gasteiger partial charge on any atom is -0.207 e. The van der Waals surface area contributed by atoms with Crippen LogP contribution in [0.5, 0.6) is 0 Å². The second kappa shape index (κ2) is 4.68. The first-order chi connectivity index (χ1) is 8.40. The smallest absolute Gasteiger partial charge is 0.137 e. The molecule has 0 aromatic heterocycles. The molecule has 0 spiro atoms. The third-order valence-electron chi connectivity index (χ3n) is 2.26. The van der Waals surface area contributed by atoms with Crippen LogP contribution in [0.2, 0.25) is 0 Å². The lowest BCUT2D eigenvalue weighted by Crippen LogP contribution is -1.98. The molecule has 6 heteroatoms. The van der Waals surface area contributed by atoms with Crippen LogP contribution in [0.25, 0.3) is 11.1 Å². The van der Waals surface area contributed by atoms with Gasteiger partial charge in [-0.15, -0.1) is 0 Å². The van der Waals surface area contributed by atoms with Crippen molar-refractivity contribution in [1.29, 1.82) is 0 Å². The van der Waals surface area contributed by atoms with Crippen molar-refractivity contribution in [1.82, 2.24) is 0 Å². The molecule has 0 unspecified atom stereocenters. The SMILES string of the molecule is Fc1cc(F)c(-c2c(F)cc(Br)cc2F)c(F)c1. The molecular formula is C12H4BrF5. The highest BCUT2D eigenvalue weighted by Gasteiger charge is 2.21. The zero-order valence-corrected chi connectivity index (χ0v) is 10.2. The normalized spacial score (nSPS) is 10.8. The zero-order chi connectivity index (χ0) is 13.4. The Morgan fingerprint density at radius 3 is 1.33 bits per heavy atom. The summed E-state index contributed by atoms with van der Waals surface area (Å²) in [5.41, 5.74) is -1.80. The zero-order valence-electron chi connectivity index (χ0n) is 8.58. The molecule has 2 rings (SSSR count). The van der Waals surface area contributed by atoms with E-state index in [1.807, 2.05) is 0 Å². The summed E-state index contributed by atoms with van der Waals surface area (Å²) in [4.78, 5) is 0. The van der Waals surface area contributed by atoms with E-state index in [0.29, 0.717) is 12.1 Å². The van der Waals surface area contributed by atoms with E-state index >= 15 is 0 Å². The Labute approximate surface area is 107 Å². The standard InChI is InChI=1S/C12H4BrF5/c13-5-1-7(15)11(8(16)2-5)12-9(17)3-6(14)4-10(12)18/h1-4H. The lowest BCUT2D eigenvalue weighted by molar-refractivity contribution is 0.538. The number of hydrogen-bond acceptors (Lipinski definition) is 0. The van der Waals surface area contributed by atoms with Gasteiger partial charge in [0.15, 0.2) is 0 Å². The van der Waals surface area contributed by atoms with Crippen LogP contribution in [0.1, 0.15) is 0 Å². The molecule has 0 aliphatic rings. The second-order valence-corrected chi connectivity index (χ2v) is 4.40. The maximum atomic E-state index is 13.6. The van der Waals surface area contributed by atoms with Crippen molar-refractivity contribution in [2.24, 2.45) is 0 Å². The van der Waals surface area contributed by atoms with E-state index < -0.39 is 40.2 Å². The van der Waals surface area contributed by atoms with Crippen LogP contribution in [0.4, 0.5) is 22.0 Å². The molecule has 2 aromatic carbocycles. The van der Waals surface area contributed by atoms with Crippen molar-refractivity contribution in [3.05, 3.63) is 57.8 Å². The first kappa shape index (κ1) is 13.0. The number of benzene rings is 2. The molecule has 0 aliphatic carbocycles. The highest BCUT2D eigenvalue weighted by molar-refractivity contribution is 9.10. The van der Waals surface area contributed by atoms with Crippen LogP contribution in [-0.2, 0) is 0 Å². The molecule has 0 fully saturated rings. The fourth-order valence-corrected chi connectivity index (χ4v) is 1.96. The molecular weight excluding hydrogens is 319 g/mol. The van der Waals surface area contributed by atoms with Crippen molar-refractivity contribution in [3.8, 4) is 11.1 Å². The van der Waals surface area contributed by atoms with Crippen LogP contribution in [0.15, 0.2) is 28.7 Å². The summed E-state index contributed by atoms with van der Waals surface area (Å²) in [5, 5.41) is 0. The Morgan fingerprint density at radius 1 is 0.611 bits per heavy atom. The van der Waals surface area contributed by atoms with Crippen molar-refractivity contribution < 1.29 is 22.0 Å². The third kappa shape index (κ3) is 2.25. The third-order valence-corrected chi connectivity index (χ3v) is 2.72. The molecule has 94 valence electrons. The first-order valence-electron chi connectivity index (χ1n) is 4.69. The molecule has 0 atom stereocenters. The van der Waals surface area contributed by atoms with E-state index in [2.05, 4.69) is 15.9 Å².